The normalized spacial score (nSPS) is 14.4. The van der Waals surface area contributed by atoms with Crippen LogP contribution >= 0.6 is 0 Å². The SMILES string of the molecule is COC(=O)c1ccccc1-c1ccc2ncc(N3CCCCC3)nc2c1. The van der Waals surface area contributed by atoms with Crippen molar-refractivity contribution in [2.75, 3.05) is 25.1 Å². The molecule has 132 valence electrons. The van der Waals surface area contributed by atoms with Gasteiger partial charge in [-0.1, -0.05) is 24.3 Å². The van der Waals surface area contributed by atoms with Crippen LogP contribution < -0.4 is 4.90 Å². The molecule has 0 spiro atoms. The number of piperidine rings is 1. The first-order valence-electron chi connectivity index (χ1n) is 8.96. The maximum Gasteiger partial charge on any atom is 0.338 e. The molecule has 2 aromatic carbocycles. The first-order chi connectivity index (χ1) is 12.8. The molecule has 0 unspecified atom stereocenters. The van der Waals surface area contributed by atoms with Crippen LogP contribution in [0.25, 0.3) is 22.2 Å². The average Bonchev–Trinajstić information content (AvgIpc) is 2.73. The van der Waals surface area contributed by atoms with Gasteiger partial charge in [0.25, 0.3) is 0 Å². The summed E-state index contributed by atoms with van der Waals surface area (Å²) in [6.07, 6.45) is 5.54. The number of fused-ring (bicyclic) bond motifs is 1. The summed E-state index contributed by atoms with van der Waals surface area (Å²) in [5.41, 5.74) is 4.01. The van der Waals surface area contributed by atoms with E-state index in [0.29, 0.717) is 5.56 Å². The number of rotatable bonds is 3. The molecule has 5 nitrogen and oxygen atoms in total. The van der Waals surface area contributed by atoms with Crippen molar-refractivity contribution in [3.8, 4) is 11.1 Å². The Balaban J connectivity index is 1.76. The van der Waals surface area contributed by atoms with Crippen LogP contribution in [-0.4, -0.2) is 36.1 Å². The number of hydrogen-bond acceptors (Lipinski definition) is 5. The van der Waals surface area contributed by atoms with Crippen LogP contribution in [0.5, 0.6) is 0 Å². The highest BCUT2D eigenvalue weighted by Crippen LogP contribution is 2.28. The molecule has 0 atom stereocenters. The highest BCUT2D eigenvalue weighted by molar-refractivity contribution is 5.98. The lowest BCUT2D eigenvalue weighted by atomic mass is 9.99. The van der Waals surface area contributed by atoms with Crippen LogP contribution in [0.2, 0.25) is 0 Å². The lowest BCUT2D eigenvalue weighted by Gasteiger charge is -2.27. The fraction of sp³-hybridized carbons (Fsp3) is 0.286. The quantitative estimate of drug-likeness (QED) is 0.669. The van der Waals surface area contributed by atoms with Crippen LogP contribution in [0.1, 0.15) is 29.6 Å². The van der Waals surface area contributed by atoms with Crippen molar-refractivity contribution >= 4 is 22.8 Å². The van der Waals surface area contributed by atoms with Crippen molar-refractivity contribution in [3.63, 3.8) is 0 Å². The fourth-order valence-electron chi connectivity index (χ4n) is 3.47. The molecule has 0 N–H and O–H groups in total. The maximum absolute atomic E-state index is 12.1. The van der Waals surface area contributed by atoms with Crippen molar-refractivity contribution < 1.29 is 9.53 Å². The highest BCUT2D eigenvalue weighted by atomic mass is 16.5. The van der Waals surface area contributed by atoms with Crippen molar-refractivity contribution in [2.24, 2.45) is 0 Å². The van der Waals surface area contributed by atoms with Crippen molar-refractivity contribution in [1.82, 2.24) is 9.97 Å². The fourth-order valence-corrected chi connectivity index (χ4v) is 3.47. The van der Waals surface area contributed by atoms with Gasteiger partial charge in [0.2, 0.25) is 0 Å². The third-order valence-corrected chi connectivity index (χ3v) is 4.85. The molecule has 1 aliphatic rings. The van der Waals surface area contributed by atoms with Gasteiger partial charge in [0.15, 0.2) is 0 Å². The van der Waals surface area contributed by atoms with Crippen LogP contribution in [0.15, 0.2) is 48.7 Å². The number of methoxy groups -OCH3 is 1. The van der Waals surface area contributed by atoms with E-state index in [0.717, 1.165) is 41.1 Å². The number of nitrogens with zero attached hydrogens (tertiary/aromatic N) is 3. The van der Waals surface area contributed by atoms with E-state index in [4.69, 9.17) is 9.72 Å². The molecule has 0 bridgehead atoms. The number of carbonyl (C=O) groups is 1. The zero-order valence-electron chi connectivity index (χ0n) is 14.8. The van der Waals surface area contributed by atoms with Gasteiger partial charge in [-0.3, -0.25) is 4.98 Å². The van der Waals surface area contributed by atoms with Gasteiger partial charge < -0.3 is 9.64 Å². The van der Waals surface area contributed by atoms with Gasteiger partial charge >= 0.3 is 5.97 Å². The molecule has 3 aromatic rings. The van der Waals surface area contributed by atoms with Gasteiger partial charge in [-0.2, -0.15) is 0 Å². The smallest absolute Gasteiger partial charge is 0.338 e. The third-order valence-electron chi connectivity index (χ3n) is 4.85. The van der Waals surface area contributed by atoms with Gasteiger partial charge in [-0.15, -0.1) is 0 Å². The Kier molecular flexibility index (Phi) is 4.52. The first kappa shape index (κ1) is 16.5. The zero-order valence-corrected chi connectivity index (χ0v) is 14.8. The van der Waals surface area contributed by atoms with Gasteiger partial charge in [0.1, 0.15) is 5.82 Å². The second-order valence-corrected chi connectivity index (χ2v) is 6.52. The molecular formula is C21H21N3O2. The van der Waals surface area contributed by atoms with E-state index in [1.54, 1.807) is 6.07 Å². The standard InChI is InChI=1S/C21H21N3O2/c1-26-21(25)17-8-4-3-7-16(17)15-9-10-18-19(13-15)23-20(14-22-18)24-11-5-2-6-12-24/h3-4,7-10,13-14H,2,5-6,11-12H2,1H3. The minimum absolute atomic E-state index is 0.339. The summed E-state index contributed by atoms with van der Waals surface area (Å²) in [5, 5.41) is 0. The van der Waals surface area contributed by atoms with E-state index < -0.39 is 0 Å². The second kappa shape index (κ2) is 7.12. The number of anilines is 1. The Bertz CT molecular complexity index is 949. The lowest BCUT2D eigenvalue weighted by Crippen LogP contribution is -2.30. The molecule has 5 heteroatoms. The second-order valence-electron chi connectivity index (χ2n) is 6.52. The topological polar surface area (TPSA) is 55.3 Å². The minimum atomic E-state index is -0.339. The predicted molar refractivity (Wildman–Crippen MR) is 102 cm³/mol. The number of esters is 1. The van der Waals surface area contributed by atoms with Gasteiger partial charge in [-0.05, 0) is 48.6 Å². The summed E-state index contributed by atoms with van der Waals surface area (Å²) in [6, 6.07) is 13.4. The Morgan fingerprint density at radius 1 is 1.04 bits per heavy atom. The summed E-state index contributed by atoms with van der Waals surface area (Å²) in [6.45, 7) is 2.07. The number of ether oxygens (including phenoxy) is 1. The van der Waals surface area contributed by atoms with Gasteiger partial charge in [0, 0.05) is 13.1 Å². The van der Waals surface area contributed by atoms with Crippen LogP contribution in [0.4, 0.5) is 5.82 Å². The summed E-state index contributed by atoms with van der Waals surface area (Å²) < 4.78 is 4.91. The van der Waals surface area contributed by atoms with Crippen LogP contribution in [-0.2, 0) is 4.74 Å². The molecule has 4 rings (SSSR count). The lowest BCUT2D eigenvalue weighted by molar-refractivity contribution is 0.0601. The van der Waals surface area contributed by atoms with Crippen molar-refractivity contribution in [2.45, 2.75) is 19.3 Å². The van der Waals surface area contributed by atoms with Crippen molar-refractivity contribution in [1.29, 1.82) is 0 Å². The van der Waals surface area contributed by atoms with Gasteiger partial charge in [-0.25, -0.2) is 9.78 Å². The molecule has 0 aliphatic carbocycles. The summed E-state index contributed by atoms with van der Waals surface area (Å²) in [7, 11) is 1.40. The van der Waals surface area contributed by atoms with E-state index in [1.807, 2.05) is 42.6 Å². The Labute approximate surface area is 152 Å². The molecule has 1 fully saturated rings. The zero-order chi connectivity index (χ0) is 17.9. The van der Waals surface area contributed by atoms with E-state index >= 15 is 0 Å². The molecule has 2 heterocycles. The molecule has 1 aliphatic heterocycles. The molecule has 1 saturated heterocycles. The third kappa shape index (κ3) is 3.12. The first-order valence-corrected chi connectivity index (χ1v) is 8.96. The van der Waals surface area contributed by atoms with Crippen LogP contribution in [0.3, 0.4) is 0 Å². The molecule has 0 amide bonds. The monoisotopic (exact) mass is 347 g/mol. The Morgan fingerprint density at radius 2 is 1.85 bits per heavy atom. The maximum atomic E-state index is 12.1. The molecule has 0 saturated carbocycles. The molecule has 0 radical (unpaired) electrons. The highest BCUT2D eigenvalue weighted by Gasteiger charge is 2.15. The Morgan fingerprint density at radius 3 is 2.65 bits per heavy atom. The number of benzene rings is 2. The average molecular weight is 347 g/mol. The summed E-state index contributed by atoms with van der Waals surface area (Å²) in [4.78, 5) is 23.8. The minimum Gasteiger partial charge on any atom is -0.465 e. The van der Waals surface area contributed by atoms with E-state index in [-0.39, 0.29) is 5.97 Å². The molecular weight excluding hydrogens is 326 g/mol. The predicted octanol–water partition coefficient (Wildman–Crippen LogP) is 4.07. The van der Waals surface area contributed by atoms with Gasteiger partial charge in [0.05, 0.1) is 29.9 Å². The van der Waals surface area contributed by atoms with Crippen LogP contribution in [0, 0.1) is 0 Å². The summed E-state index contributed by atoms with van der Waals surface area (Å²) >= 11 is 0. The van der Waals surface area contributed by atoms with E-state index in [9.17, 15) is 4.79 Å². The van der Waals surface area contributed by atoms with E-state index in [2.05, 4.69) is 9.88 Å². The number of aromatic nitrogens is 2. The van der Waals surface area contributed by atoms with E-state index in [1.165, 1.54) is 26.4 Å². The molecule has 1 aromatic heterocycles. The number of carbonyl (C=O) groups excluding carboxylic acids is 1. The Hall–Kier alpha value is -2.95. The summed E-state index contributed by atoms with van der Waals surface area (Å²) in [5.74, 6) is 0.587. The number of hydrogen-bond donors (Lipinski definition) is 0. The largest absolute Gasteiger partial charge is 0.465 e. The molecule has 26 heavy (non-hydrogen) atoms. The van der Waals surface area contributed by atoms with Crippen molar-refractivity contribution in [3.05, 3.63) is 54.2 Å².